The van der Waals surface area contributed by atoms with Crippen molar-refractivity contribution in [2.45, 2.75) is 6.92 Å². The average molecular weight is 458 g/mol. The van der Waals surface area contributed by atoms with Crippen LogP contribution >= 0.6 is 28.1 Å². The number of fused-ring (bicyclic) bond motifs is 1. The first-order valence-electron chi connectivity index (χ1n) is 8.27. The Hall–Kier alpha value is -2.84. The van der Waals surface area contributed by atoms with Crippen LogP contribution in [0.2, 0.25) is 0 Å². The first-order valence-corrected chi connectivity index (χ1v) is 9.47. The van der Waals surface area contributed by atoms with E-state index >= 15 is 0 Å². The summed E-state index contributed by atoms with van der Waals surface area (Å²) in [5.41, 5.74) is 2.42. The molecule has 3 aromatic rings. The van der Waals surface area contributed by atoms with Crippen molar-refractivity contribution < 1.29 is 9.50 Å². The van der Waals surface area contributed by atoms with Crippen LogP contribution in [-0.4, -0.2) is 20.4 Å². The van der Waals surface area contributed by atoms with Crippen molar-refractivity contribution in [2.75, 3.05) is 0 Å². The molecular weight excluding hydrogens is 445 g/mol. The van der Waals surface area contributed by atoms with Gasteiger partial charge in [0.1, 0.15) is 11.4 Å². The van der Waals surface area contributed by atoms with Crippen LogP contribution in [-0.2, 0) is 0 Å². The van der Waals surface area contributed by atoms with Gasteiger partial charge in [-0.05, 0) is 55.5 Å². The lowest BCUT2D eigenvalue weighted by Crippen LogP contribution is -2.17. The quantitative estimate of drug-likeness (QED) is 0.522. The Morgan fingerprint density at radius 3 is 2.79 bits per heavy atom. The second kappa shape index (κ2) is 6.96. The molecule has 5 nitrogen and oxygen atoms in total. The molecule has 2 heterocycles. The van der Waals surface area contributed by atoms with Gasteiger partial charge in [0, 0.05) is 21.3 Å². The number of hydrogen-bond donors (Lipinski definition) is 2. The van der Waals surface area contributed by atoms with E-state index < -0.39 is 17.3 Å². The topological polar surface area (TPSA) is 70.4 Å². The fourth-order valence-corrected chi connectivity index (χ4v) is 3.75. The SMILES string of the molecule is CC1=Nc2ccc(Br)cc2/C1=C\c1c(O)n(-c2ccccc2F)c(=S)[nH]c1=O. The Bertz CT molecular complexity index is 1310. The summed E-state index contributed by atoms with van der Waals surface area (Å²) in [6.45, 7) is 1.82. The molecule has 1 aromatic heterocycles. The van der Waals surface area contributed by atoms with Crippen molar-refractivity contribution in [3.05, 3.63) is 79.0 Å². The summed E-state index contributed by atoms with van der Waals surface area (Å²) in [4.78, 5) is 19.5. The molecule has 0 fully saturated rings. The summed E-state index contributed by atoms with van der Waals surface area (Å²) in [6, 6.07) is 11.5. The van der Waals surface area contributed by atoms with E-state index in [1.807, 2.05) is 25.1 Å². The standard InChI is InChI=1S/C20H13BrFN3O2S/c1-10-12(13-8-11(21)6-7-16(13)23-10)9-14-18(26)24-20(28)25(19(14)27)17-5-3-2-4-15(17)22/h2-9,27H,1H3,(H,24,26,28)/b12-9-. The molecule has 2 aromatic carbocycles. The van der Waals surface area contributed by atoms with Crippen LogP contribution < -0.4 is 5.56 Å². The Kier molecular flexibility index (Phi) is 4.60. The van der Waals surface area contributed by atoms with Crippen molar-refractivity contribution in [3.8, 4) is 11.6 Å². The van der Waals surface area contributed by atoms with Gasteiger partial charge in [0.2, 0.25) is 5.88 Å². The summed E-state index contributed by atoms with van der Waals surface area (Å²) in [6.07, 6.45) is 1.54. The van der Waals surface area contributed by atoms with Crippen LogP contribution in [0.5, 0.6) is 5.88 Å². The number of aromatic nitrogens is 2. The first kappa shape index (κ1) is 18.5. The normalized spacial score (nSPS) is 14.2. The molecule has 0 bridgehead atoms. The molecule has 0 amide bonds. The van der Waals surface area contributed by atoms with Gasteiger partial charge in [-0.3, -0.25) is 19.3 Å². The molecule has 0 saturated carbocycles. The molecule has 0 unspecified atom stereocenters. The van der Waals surface area contributed by atoms with Crippen molar-refractivity contribution in [1.29, 1.82) is 0 Å². The zero-order chi connectivity index (χ0) is 20.0. The maximum Gasteiger partial charge on any atom is 0.262 e. The van der Waals surface area contributed by atoms with Crippen molar-refractivity contribution in [1.82, 2.24) is 9.55 Å². The molecule has 8 heteroatoms. The number of hydrogen-bond acceptors (Lipinski definition) is 4. The van der Waals surface area contributed by atoms with Crippen molar-refractivity contribution >= 4 is 51.2 Å². The van der Waals surface area contributed by atoms with Gasteiger partial charge in [-0.25, -0.2) is 4.39 Å². The third kappa shape index (κ3) is 3.04. The lowest BCUT2D eigenvalue weighted by molar-refractivity contribution is 0.429. The third-order valence-electron chi connectivity index (χ3n) is 4.43. The van der Waals surface area contributed by atoms with E-state index in [-0.39, 0.29) is 16.0 Å². The second-order valence-corrected chi connectivity index (χ2v) is 7.50. The largest absolute Gasteiger partial charge is 0.494 e. The van der Waals surface area contributed by atoms with E-state index in [1.54, 1.807) is 6.07 Å². The summed E-state index contributed by atoms with van der Waals surface area (Å²) in [5.74, 6) is -1.02. The number of nitrogens with one attached hydrogen (secondary N) is 1. The molecule has 0 radical (unpaired) electrons. The smallest absolute Gasteiger partial charge is 0.262 e. The number of para-hydroxylation sites is 1. The summed E-state index contributed by atoms with van der Waals surface area (Å²) < 4.78 is 16.1. The molecule has 0 spiro atoms. The van der Waals surface area contributed by atoms with Crippen LogP contribution in [0.15, 0.2) is 56.7 Å². The van der Waals surface area contributed by atoms with Gasteiger partial charge in [-0.1, -0.05) is 28.1 Å². The molecular formula is C20H13BrFN3O2S. The Labute approximate surface area is 172 Å². The number of nitrogens with zero attached hydrogens (tertiary/aromatic N) is 2. The van der Waals surface area contributed by atoms with Gasteiger partial charge >= 0.3 is 0 Å². The zero-order valence-electron chi connectivity index (χ0n) is 14.5. The number of aromatic amines is 1. The highest BCUT2D eigenvalue weighted by atomic mass is 79.9. The maximum atomic E-state index is 14.3. The highest BCUT2D eigenvalue weighted by Crippen LogP contribution is 2.38. The molecule has 0 saturated heterocycles. The minimum absolute atomic E-state index is 0.0331. The molecule has 0 atom stereocenters. The van der Waals surface area contributed by atoms with E-state index in [9.17, 15) is 14.3 Å². The van der Waals surface area contributed by atoms with Gasteiger partial charge in [-0.2, -0.15) is 0 Å². The zero-order valence-corrected chi connectivity index (χ0v) is 16.9. The van der Waals surface area contributed by atoms with E-state index in [0.29, 0.717) is 11.3 Å². The Morgan fingerprint density at radius 1 is 1.29 bits per heavy atom. The summed E-state index contributed by atoms with van der Waals surface area (Å²) in [5, 5.41) is 10.8. The van der Waals surface area contributed by atoms with E-state index in [0.717, 1.165) is 20.3 Å². The van der Waals surface area contributed by atoms with Crippen LogP contribution in [0.1, 0.15) is 18.1 Å². The van der Waals surface area contributed by atoms with Gasteiger partial charge in [0.25, 0.3) is 5.56 Å². The number of H-pyrrole nitrogens is 1. The Balaban J connectivity index is 1.98. The number of aliphatic imine (C=N–C) groups is 1. The highest BCUT2D eigenvalue weighted by molar-refractivity contribution is 9.10. The van der Waals surface area contributed by atoms with Crippen LogP contribution in [0.4, 0.5) is 10.1 Å². The monoisotopic (exact) mass is 457 g/mol. The predicted molar refractivity (Wildman–Crippen MR) is 114 cm³/mol. The number of allylic oxidation sites excluding steroid dienone is 1. The lowest BCUT2D eigenvalue weighted by Gasteiger charge is -2.12. The minimum Gasteiger partial charge on any atom is -0.494 e. The van der Waals surface area contributed by atoms with Crippen LogP contribution in [0.25, 0.3) is 17.3 Å². The minimum atomic E-state index is -0.576. The lowest BCUT2D eigenvalue weighted by atomic mass is 10.0. The van der Waals surface area contributed by atoms with E-state index in [1.165, 1.54) is 24.3 Å². The fraction of sp³-hybridized carbons (Fsp3) is 0.0500. The van der Waals surface area contributed by atoms with Crippen LogP contribution in [0, 0.1) is 10.6 Å². The van der Waals surface area contributed by atoms with Gasteiger partial charge in [-0.15, -0.1) is 0 Å². The third-order valence-corrected chi connectivity index (χ3v) is 5.21. The van der Waals surface area contributed by atoms with E-state index in [2.05, 4.69) is 25.9 Å². The number of halogens is 2. The van der Waals surface area contributed by atoms with Gasteiger partial charge in [0.05, 0.1) is 11.4 Å². The fourth-order valence-electron chi connectivity index (χ4n) is 3.11. The van der Waals surface area contributed by atoms with Crippen molar-refractivity contribution in [3.63, 3.8) is 0 Å². The molecule has 2 N–H and O–H groups in total. The molecule has 4 rings (SSSR count). The molecule has 140 valence electrons. The van der Waals surface area contributed by atoms with Crippen LogP contribution in [0.3, 0.4) is 0 Å². The van der Waals surface area contributed by atoms with Crippen molar-refractivity contribution in [2.24, 2.45) is 4.99 Å². The Morgan fingerprint density at radius 2 is 2.04 bits per heavy atom. The van der Waals surface area contributed by atoms with Gasteiger partial charge < -0.3 is 5.11 Å². The predicted octanol–water partition coefficient (Wildman–Crippen LogP) is 5.15. The molecule has 28 heavy (non-hydrogen) atoms. The van der Waals surface area contributed by atoms with E-state index in [4.69, 9.17) is 12.2 Å². The molecule has 1 aliphatic heterocycles. The second-order valence-electron chi connectivity index (χ2n) is 6.20. The molecule has 0 aliphatic carbocycles. The van der Waals surface area contributed by atoms with Gasteiger partial charge in [0.15, 0.2) is 4.77 Å². The first-order chi connectivity index (χ1) is 13.4. The number of rotatable bonds is 2. The number of aromatic hydroxyl groups is 1. The molecule has 1 aliphatic rings. The number of benzene rings is 2. The average Bonchev–Trinajstić information content (AvgIpc) is 2.94. The highest BCUT2D eigenvalue weighted by Gasteiger charge is 2.21. The summed E-state index contributed by atoms with van der Waals surface area (Å²) in [7, 11) is 0. The maximum absolute atomic E-state index is 14.3. The summed E-state index contributed by atoms with van der Waals surface area (Å²) >= 11 is 8.58.